The molecular formula is C28H24ClIN2O5S. The number of allylic oxidation sites excluding steroid dienone is 1. The fourth-order valence-corrected chi connectivity index (χ4v) is 6.00. The van der Waals surface area contributed by atoms with Crippen LogP contribution in [-0.4, -0.2) is 30.4 Å². The van der Waals surface area contributed by atoms with E-state index < -0.39 is 12.0 Å². The first-order valence-electron chi connectivity index (χ1n) is 11.6. The highest BCUT2D eigenvalue weighted by molar-refractivity contribution is 14.1. The molecule has 0 aliphatic carbocycles. The zero-order valence-electron chi connectivity index (χ0n) is 21.1. The fraction of sp³-hybridized carbons (Fsp3) is 0.250. The Morgan fingerprint density at radius 1 is 1.32 bits per heavy atom. The van der Waals surface area contributed by atoms with Gasteiger partial charge in [0.05, 0.1) is 38.6 Å². The molecule has 3 aromatic rings. The van der Waals surface area contributed by atoms with Crippen LogP contribution in [0.4, 0.5) is 0 Å². The SMILES string of the molecule is C#CCOc1c(I)cc(/C=c2\sc3n(c2=O)[C@H](c2ccc(Cl)cc2)C(C(=O)OC(C)C)=C(C)N=3)cc1OC. The normalized spacial score (nSPS) is 15.1. The van der Waals surface area contributed by atoms with Crippen LogP contribution >= 0.6 is 45.5 Å². The average molecular weight is 663 g/mol. The number of fused-ring (bicyclic) bond motifs is 1. The van der Waals surface area contributed by atoms with Gasteiger partial charge in [0.1, 0.15) is 6.61 Å². The van der Waals surface area contributed by atoms with Crippen LogP contribution in [0.1, 0.15) is 37.9 Å². The van der Waals surface area contributed by atoms with Gasteiger partial charge < -0.3 is 14.2 Å². The van der Waals surface area contributed by atoms with E-state index in [-0.39, 0.29) is 18.3 Å². The van der Waals surface area contributed by atoms with Gasteiger partial charge in [0, 0.05) is 5.02 Å². The largest absolute Gasteiger partial charge is 0.493 e. The summed E-state index contributed by atoms with van der Waals surface area (Å²) in [6.45, 7) is 5.41. The number of esters is 1. The van der Waals surface area contributed by atoms with Gasteiger partial charge in [-0.3, -0.25) is 9.36 Å². The number of aromatic nitrogens is 1. The topological polar surface area (TPSA) is 79.1 Å². The van der Waals surface area contributed by atoms with Crippen LogP contribution < -0.4 is 24.4 Å². The van der Waals surface area contributed by atoms with Crippen molar-refractivity contribution in [2.75, 3.05) is 13.7 Å². The second-order valence-corrected chi connectivity index (χ2v) is 11.2. The minimum Gasteiger partial charge on any atom is -0.493 e. The lowest BCUT2D eigenvalue weighted by Gasteiger charge is -2.25. The molecule has 0 spiro atoms. The van der Waals surface area contributed by atoms with Crippen molar-refractivity contribution in [1.29, 1.82) is 0 Å². The average Bonchev–Trinajstić information content (AvgIpc) is 3.16. The first kappa shape index (κ1) is 28.0. The van der Waals surface area contributed by atoms with Crippen LogP contribution in [0.25, 0.3) is 6.08 Å². The molecule has 0 fully saturated rings. The number of hydrogen-bond donors (Lipinski definition) is 0. The molecule has 1 aromatic heterocycles. The lowest BCUT2D eigenvalue weighted by Crippen LogP contribution is -2.40. The highest BCUT2D eigenvalue weighted by Crippen LogP contribution is 2.34. The summed E-state index contributed by atoms with van der Waals surface area (Å²) in [7, 11) is 1.54. The van der Waals surface area contributed by atoms with Gasteiger partial charge in [0.15, 0.2) is 16.3 Å². The summed E-state index contributed by atoms with van der Waals surface area (Å²) in [6, 6.07) is 9.99. The quantitative estimate of drug-likeness (QED) is 0.212. The Morgan fingerprint density at radius 3 is 2.66 bits per heavy atom. The molecule has 196 valence electrons. The molecule has 0 saturated carbocycles. The van der Waals surface area contributed by atoms with E-state index in [9.17, 15) is 9.59 Å². The first-order valence-corrected chi connectivity index (χ1v) is 13.8. The first-order chi connectivity index (χ1) is 18.1. The molecule has 7 nitrogen and oxygen atoms in total. The lowest BCUT2D eigenvalue weighted by molar-refractivity contribution is -0.143. The van der Waals surface area contributed by atoms with Crippen molar-refractivity contribution in [1.82, 2.24) is 4.57 Å². The maximum absolute atomic E-state index is 13.8. The number of carbonyl (C=O) groups is 1. The number of carbonyl (C=O) groups excluding carboxylic acids is 1. The van der Waals surface area contributed by atoms with Crippen LogP contribution in [0.5, 0.6) is 11.5 Å². The molecule has 10 heteroatoms. The molecule has 1 atom stereocenters. The standard InChI is InChI=1S/C28H24ClIN2O5S/c1-6-11-36-25-20(30)12-17(13-21(25)35-5)14-22-26(33)32-24(18-7-9-19(29)10-8-18)23(27(34)37-15(2)3)16(4)31-28(32)38-22/h1,7-10,12-15,24H,11H2,2-5H3/b22-14-/t24-/m1/s1. The number of rotatable bonds is 7. The molecular weight excluding hydrogens is 639 g/mol. The maximum atomic E-state index is 13.8. The third-order valence-corrected chi connectivity index (χ3v) is 7.66. The summed E-state index contributed by atoms with van der Waals surface area (Å²) >= 11 is 9.51. The summed E-state index contributed by atoms with van der Waals surface area (Å²) in [5.41, 5.74) is 1.99. The van der Waals surface area contributed by atoms with E-state index in [2.05, 4.69) is 33.5 Å². The zero-order chi connectivity index (χ0) is 27.6. The summed E-state index contributed by atoms with van der Waals surface area (Å²) in [6.07, 6.45) is 6.77. The summed E-state index contributed by atoms with van der Waals surface area (Å²) < 4.78 is 19.4. The zero-order valence-corrected chi connectivity index (χ0v) is 24.8. The van der Waals surface area contributed by atoms with E-state index in [1.54, 1.807) is 64.3 Å². The van der Waals surface area contributed by atoms with Crippen LogP contribution in [0.3, 0.4) is 0 Å². The molecule has 0 amide bonds. The van der Waals surface area contributed by atoms with Crippen LogP contribution in [0.15, 0.2) is 57.5 Å². The third-order valence-electron chi connectivity index (χ3n) is 5.62. The summed E-state index contributed by atoms with van der Waals surface area (Å²) in [5.74, 6) is 2.97. The number of thiazole rings is 1. The van der Waals surface area contributed by atoms with E-state index in [0.717, 1.165) is 14.7 Å². The van der Waals surface area contributed by atoms with E-state index in [1.165, 1.54) is 15.9 Å². The predicted molar refractivity (Wildman–Crippen MR) is 156 cm³/mol. The molecule has 0 unspecified atom stereocenters. The van der Waals surface area contributed by atoms with Crippen molar-refractivity contribution in [2.45, 2.75) is 32.9 Å². The molecule has 2 aromatic carbocycles. The predicted octanol–water partition coefficient (Wildman–Crippen LogP) is 4.47. The second-order valence-electron chi connectivity index (χ2n) is 8.61. The Labute approximate surface area is 242 Å². The van der Waals surface area contributed by atoms with Crippen LogP contribution in [-0.2, 0) is 9.53 Å². The Balaban J connectivity index is 1.90. The van der Waals surface area contributed by atoms with Gasteiger partial charge in [-0.2, -0.15) is 0 Å². The van der Waals surface area contributed by atoms with Crippen LogP contribution in [0.2, 0.25) is 5.02 Å². The lowest BCUT2D eigenvalue weighted by atomic mass is 9.96. The third kappa shape index (κ3) is 5.67. The Morgan fingerprint density at radius 2 is 2.03 bits per heavy atom. The highest BCUT2D eigenvalue weighted by atomic mass is 127. The number of benzene rings is 2. The summed E-state index contributed by atoms with van der Waals surface area (Å²) in [4.78, 5) is 32.1. The molecule has 0 saturated heterocycles. The molecule has 1 aliphatic heterocycles. The minimum atomic E-state index is -0.717. The molecule has 1 aliphatic rings. The Bertz CT molecular complexity index is 1650. The van der Waals surface area contributed by atoms with E-state index in [0.29, 0.717) is 37.1 Å². The van der Waals surface area contributed by atoms with Gasteiger partial charge in [0.25, 0.3) is 5.56 Å². The number of halogens is 2. The van der Waals surface area contributed by atoms with Crippen molar-refractivity contribution in [2.24, 2.45) is 4.99 Å². The smallest absolute Gasteiger partial charge is 0.338 e. The van der Waals surface area contributed by atoms with Crippen LogP contribution in [0, 0.1) is 15.9 Å². The van der Waals surface area contributed by atoms with Gasteiger partial charge in [-0.05, 0) is 84.8 Å². The number of hydrogen-bond acceptors (Lipinski definition) is 7. The minimum absolute atomic E-state index is 0.107. The van der Waals surface area contributed by atoms with Crippen molar-refractivity contribution >= 4 is 57.6 Å². The molecule has 0 N–H and O–H groups in total. The van der Waals surface area contributed by atoms with Crippen molar-refractivity contribution in [3.8, 4) is 23.8 Å². The van der Waals surface area contributed by atoms with Gasteiger partial charge in [-0.1, -0.05) is 41.0 Å². The van der Waals surface area contributed by atoms with Crippen molar-refractivity contribution in [3.63, 3.8) is 0 Å². The van der Waals surface area contributed by atoms with Gasteiger partial charge in [0.2, 0.25) is 0 Å². The van der Waals surface area contributed by atoms with Gasteiger partial charge in [-0.25, -0.2) is 9.79 Å². The molecule has 2 heterocycles. The molecule has 4 rings (SSSR count). The number of methoxy groups -OCH3 is 1. The summed E-state index contributed by atoms with van der Waals surface area (Å²) in [5, 5.41) is 0.548. The number of terminal acetylenes is 1. The fourth-order valence-electron chi connectivity index (χ4n) is 4.05. The van der Waals surface area contributed by atoms with E-state index in [1.807, 2.05) is 6.07 Å². The molecule has 38 heavy (non-hydrogen) atoms. The molecule has 0 radical (unpaired) electrons. The maximum Gasteiger partial charge on any atom is 0.338 e. The van der Waals surface area contributed by atoms with E-state index >= 15 is 0 Å². The van der Waals surface area contributed by atoms with Gasteiger partial charge in [-0.15, -0.1) is 6.42 Å². The van der Waals surface area contributed by atoms with E-state index in [4.69, 9.17) is 32.2 Å². The van der Waals surface area contributed by atoms with Crippen molar-refractivity contribution in [3.05, 3.63) is 87.1 Å². The number of nitrogens with zero attached hydrogens (tertiary/aromatic N) is 2. The Hall–Kier alpha value is -3.07. The monoisotopic (exact) mass is 662 g/mol. The Kier molecular flexibility index (Phi) is 8.65. The number of ether oxygens (including phenoxy) is 3. The van der Waals surface area contributed by atoms with Crippen molar-refractivity contribution < 1.29 is 19.0 Å². The highest BCUT2D eigenvalue weighted by Gasteiger charge is 2.33. The molecule has 0 bridgehead atoms. The van der Waals surface area contributed by atoms with Gasteiger partial charge >= 0.3 is 5.97 Å². The second kappa shape index (κ2) is 11.8.